The number of piperazine rings is 1. The van der Waals surface area contributed by atoms with Gasteiger partial charge in [0.05, 0.1) is 0 Å². The Balaban J connectivity index is 1.68. The zero-order chi connectivity index (χ0) is 17.1. The highest BCUT2D eigenvalue weighted by Crippen LogP contribution is 2.20. The maximum atomic E-state index is 4.70. The second kappa shape index (κ2) is 6.98. The molecule has 3 heterocycles. The summed E-state index contributed by atoms with van der Waals surface area (Å²) in [5.74, 6) is 4.18. The van der Waals surface area contributed by atoms with Crippen molar-refractivity contribution in [2.45, 2.75) is 19.8 Å². The first-order valence-electron chi connectivity index (χ1n) is 8.37. The molecule has 0 saturated carbocycles. The number of hydrogen-bond donors (Lipinski definition) is 0. The molecule has 7 nitrogen and oxygen atoms in total. The van der Waals surface area contributed by atoms with Crippen molar-refractivity contribution in [3.8, 4) is 0 Å². The standard InChI is InChI=1S/C17H25N7/c1-13(2)17-18-6-5-14(21-17)23-7-9-24(10-8-23)16-11-15(22(3)4)19-12-20-16/h5-6,11-13H,7-10H2,1-4H3. The molecular weight excluding hydrogens is 302 g/mol. The molecule has 7 heteroatoms. The maximum Gasteiger partial charge on any atom is 0.134 e. The molecule has 2 aromatic rings. The second-order valence-electron chi connectivity index (χ2n) is 6.53. The monoisotopic (exact) mass is 327 g/mol. The lowest BCUT2D eigenvalue weighted by Crippen LogP contribution is -2.47. The molecule has 0 amide bonds. The Morgan fingerprint density at radius 1 is 0.958 bits per heavy atom. The highest BCUT2D eigenvalue weighted by Gasteiger charge is 2.20. The Morgan fingerprint density at radius 2 is 1.62 bits per heavy atom. The molecule has 0 atom stereocenters. The minimum Gasteiger partial charge on any atom is -0.363 e. The van der Waals surface area contributed by atoms with Gasteiger partial charge >= 0.3 is 0 Å². The summed E-state index contributed by atoms with van der Waals surface area (Å²) in [5, 5.41) is 0. The Morgan fingerprint density at radius 3 is 2.25 bits per heavy atom. The molecular formula is C17H25N7. The van der Waals surface area contributed by atoms with E-state index in [-0.39, 0.29) is 0 Å². The predicted octanol–water partition coefficient (Wildman–Crippen LogP) is 1.78. The molecule has 0 spiro atoms. The lowest BCUT2D eigenvalue weighted by Gasteiger charge is -2.36. The third-order valence-corrected chi connectivity index (χ3v) is 4.20. The molecule has 1 saturated heterocycles. The van der Waals surface area contributed by atoms with Crippen LogP contribution in [-0.2, 0) is 0 Å². The van der Waals surface area contributed by atoms with Crippen molar-refractivity contribution in [1.82, 2.24) is 19.9 Å². The predicted molar refractivity (Wildman–Crippen MR) is 96.9 cm³/mol. The minimum atomic E-state index is 0.344. The van der Waals surface area contributed by atoms with Crippen LogP contribution < -0.4 is 14.7 Å². The van der Waals surface area contributed by atoms with E-state index < -0.39 is 0 Å². The van der Waals surface area contributed by atoms with Crippen molar-refractivity contribution in [3.63, 3.8) is 0 Å². The average molecular weight is 327 g/mol. The maximum absolute atomic E-state index is 4.70. The fourth-order valence-corrected chi connectivity index (χ4v) is 2.74. The number of rotatable bonds is 4. The molecule has 0 N–H and O–H groups in total. The van der Waals surface area contributed by atoms with Gasteiger partial charge in [0.15, 0.2) is 0 Å². The van der Waals surface area contributed by atoms with Crippen LogP contribution in [-0.4, -0.2) is 60.2 Å². The van der Waals surface area contributed by atoms with Gasteiger partial charge in [0, 0.05) is 58.5 Å². The van der Waals surface area contributed by atoms with Gasteiger partial charge in [0.25, 0.3) is 0 Å². The zero-order valence-corrected chi connectivity index (χ0v) is 14.8. The fourth-order valence-electron chi connectivity index (χ4n) is 2.74. The summed E-state index contributed by atoms with van der Waals surface area (Å²) >= 11 is 0. The molecule has 0 bridgehead atoms. The number of nitrogens with zero attached hydrogens (tertiary/aromatic N) is 7. The van der Waals surface area contributed by atoms with Gasteiger partial charge in [-0.2, -0.15) is 0 Å². The third kappa shape index (κ3) is 3.55. The van der Waals surface area contributed by atoms with Crippen molar-refractivity contribution in [2.75, 3.05) is 55.0 Å². The highest BCUT2D eigenvalue weighted by molar-refractivity contribution is 5.51. The quantitative estimate of drug-likeness (QED) is 0.848. The van der Waals surface area contributed by atoms with Gasteiger partial charge in [-0.05, 0) is 6.07 Å². The van der Waals surface area contributed by atoms with E-state index in [0.29, 0.717) is 5.92 Å². The molecule has 24 heavy (non-hydrogen) atoms. The van der Waals surface area contributed by atoms with Gasteiger partial charge in [-0.25, -0.2) is 19.9 Å². The number of aromatic nitrogens is 4. The summed E-state index contributed by atoms with van der Waals surface area (Å²) < 4.78 is 0. The van der Waals surface area contributed by atoms with E-state index >= 15 is 0 Å². The first-order valence-corrected chi connectivity index (χ1v) is 8.37. The van der Waals surface area contributed by atoms with Crippen LogP contribution in [0.25, 0.3) is 0 Å². The van der Waals surface area contributed by atoms with Crippen molar-refractivity contribution >= 4 is 17.5 Å². The van der Waals surface area contributed by atoms with Crippen molar-refractivity contribution in [1.29, 1.82) is 0 Å². The Labute approximate surface area is 143 Å². The summed E-state index contributed by atoms with van der Waals surface area (Å²) in [6.07, 6.45) is 3.49. The molecule has 1 aliphatic rings. The second-order valence-corrected chi connectivity index (χ2v) is 6.53. The van der Waals surface area contributed by atoms with Gasteiger partial charge in [-0.1, -0.05) is 13.8 Å². The topological polar surface area (TPSA) is 61.3 Å². The molecule has 0 aromatic carbocycles. The third-order valence-electron chi connectivity index (χ3n) is 4.20. The summed E-state index contributed by atoms with van der Waals surface area (Å²) in [5.41, 5.74) is 0. The molecule has 1 fully saturated rings. The lowest BCUT2D eigenvalue weighted by molar-refractivity contribution is 0.636. The van der Waals surface area contributed by atoms with Crippen LogP contribution in [0.2, 0.25) is 0 Å². The molecule has 128 valence electrons. The molecule has 0 radical (unpaired) electrons. The Hall–Kier alpha value is -2.44. The van der Waals surface area contributed by atoms with Crippen LogP contribution in [0.4, 0.5) is 17.5 Å². The first-order chi connectivity index (χ1) is 11.5. The van der Waals surface area contributed by atoms with Crippen LogP contribution >= 0.6 is 0 Å². The Kier molecular flexibility index (Phi) is 4.78. The highest BCUT2D eigenvalue weighted by atomic mass is 15.3. The fraction of sp³-hybridized carbons (Fsp3) is 0.529. The number of anilines is 3. The van der Waals surface area contributed by atoms with E-state index in [0.717, 1.165) is 49.5 Å². The average Bonchev–Trinajstić information content (AvgIpc) is 2.62. The molecule has 3 rings (SSSR count). The normalized spacial score (nSPS) is 15.0. The Bertz CT molecular complexity index is 619. The van der Waals surface area contributed by atoms with Gasteiger partial charge in [-0.15, -0.1) is 0 Å². The molecule has 1 aliphatic heterocycles. The SMILES string of the molecule is CC(C)c1nccc(N2CCN(c3cc(N(C)C)ncn3)CC2)n1. The molecule has 2 aromatic heterocycles. The van der Waals surface area contributed by atoms with Crippen LogP contribution in [0, 0.1) is 0 Å². The smallest absolute Gasteiger partial charge is 0.134 e. The largest absolute Gasteiger partial charge is 0.363 e. The van der Waals surface area contributed by atoms with Crippen molar-refractivity contribution in [3.05, 3.63) is 30.5 Å². The van der Waals surface area contributed by atoms with E-state index in [4.69, 9.17) is 4.98 Å². The van der Waals surface area contributed by atoms with E-state index in [2.05, 4.69) is 38.6 Å². The van der Waals surface area contributed by atoms with E-state index in [1.807, 2.05) is 37.3 Å². The molecule has 0 unspecified atom stereocenters. The van der Waals surface area contributed by atoms with Gasteiger partial charge in [-0.3, -0.25) is 0 Å². The van der Waals surface area contributed by atoms with Gasteiger partial charge in [0.2, 0.25) is 0 Å². The van der Waals surface area contributed by atoms with E-state index in [9.17, 15) is 0 Å². The lowest BCUT2D eigenvalue weighted by atomic mass is 10.2. The van der Waals surface area contributed by atoms with Gasteiger partial charge in [0.1, 0.15) is 29.6 Å². The van der Waals surface area contributed by atoms with Crippen LogP contribution in [0.3, 0.4) is 0 Å². The number of hydrogen-bond acceptors (Lipinski definition) is 7. The minimum absolute atomic E-state index is 0.344. The zero-order valence-electron chi connectivity index (χ0n) is 14.8. The summed E-state index contributed by atoms with van der Waals surface area (Å²) in [6, 6.07) is 4.04. The van der Waals surface area contributed by atoms with Crippen LogP contribution in [0.1, 0.15) is 25.6 Å². The summed E-state index contributed by atoms with van der Waals surface area (Å²) in [7, 11) is 3.98. The van der Waals surface area contributed by atoms with Crippen LogP contribution in [0.5, 0.6) is 0 Å². The van der Waals surface area contributed by atoms with Gasteiger partial charge < -0.3 is 14.7 Å². The first kappa shape index (κ1) is 16.4. The van der Waals surface area contributed by atoms with Crippen LogP contribution in [0.15, 0.2) is 24.7 Å². The molecule has 0 aliphatic carbocycles. The van der Waals surface area contributed by atoms with Crippen molar-refractivity contribution in [2.24, 2.45) is 0 Å². The summed E-state index contributed by atoms with van der Waals surface area (Å²) in [6.45, 7) is 7.93. The summed E-state index contributed by atoms with van der Waals surface area (Å²) in [4.78, 5) is 24.4. The van der Waals surface area contributed by atoms with E-state index in [1.165, 1.54) is 0 Å². The van der Waals surface area contributed by atoms with E-state index in [1.54, 1.807) is 6.33 Å². The van der Waals surface area contributed by atoms with Crippen molar-refractivity contribution < 1.29 is 0 Å².